The molecular weight excluding hydrogens is 289 g/mol. The standard InChI is InChI=1S/C20H20FNO/c21-19-11-9-18(10-12-19)20(23,17-7-2-1-3-8-17)13-6-16-22-14-4-5-15-22/h1-3,7-12,23H,4-5,14-16H2/t20-/m1/s1. The van der Waals surface area contributed by atoms with Crippen molar-refractivity contribution in [2.75, 3.05) is 19.6 Å². The first-order valence-corrected chi connectivity index (χ1v) is 7.95. The van der Waals surface area contributed by atoms with Crippen LogP contribution in [0.5, 0.6) is 0 Å². The molecule has 23 heavy (non-hydrogen) atoms. The Morgan fingerprint density at radius 2 is 1.57 bits per heavy atom. The van der Waals surface area contributed by atoms with E-state index in [4.69, 9.17) is 0 Å². The van der Waals surface area contributed by atoms with E-state index in [1.165, 1.54) is 25.0 Å². The van der Waals surface area contributed by atoms with E-state index in [1.54, 1.807) is 12.1 Å². The second-order valence-electron chi connectivity index (χ2n) is 5.87. The van der Waals surface area contributed by atoms with Crippen LogP contribution in [0.15, 0.2) is 54.6 Å². The van der Waals surface area contributed by atoms with Crippen molar-refractivity contribution in [1.29, 1.82) is 0 Å². The van der Waals surface area contributed by atoms with Gasteiger partial charge in [-0.1, -0.05) is 54.3 Å². The van der Waals surface area contributed by atoms with Crippen molar-refractivity contribution >= 4 is 0 Å². The molecule has 0 unspecified atom stereocenters. The fourth-order valence-electron chi connectivity index (χ4n) is 2.90. The van der Waals surface area contributed by atoms with Gasteiger partial charge in [-0.25, -0.2) is 4.39 Å². The van der Waals surface area contributed by atoms with E-state index < -0.39 is 5.60 Å². The van der Waals surface area contributed by atoms with E-state index in [0.29, 0.717) is 17.7 Å². The Bertz CT molecular complexity index is 696. The maximum Gasteiger partial charge on any atom is 0.176 e. The molecule has 0 aliphatic carbocycles. The molecule has 2 aromatic carbocycles. The van der Waals surface area contributed by atoms with Crippen LogP contribution >= 0.6 is 0 Å². The summed E-state index contributed by atoms with van der Waals surface area (Å²) in [6, 6.07) is 15.2. The van der Waals surface area contributed by atoms with Crippen LogP contribution in [0.2, 0.25) is 0 Å². The molecule has 1 N–H and O–H groups in total. The molecule has 0 bridgehead atoms. The zero-order valence-corrected chi connectivity index (χ0v) is 13.0. The summed E-state index contributed by atoms with van der Waals surface area (Å²) in [6.07, 6.45) is 2.42. The number of halogens is 1. The molecule has 0 aromatic heterocycles. The summed E-state index contributed by atoms with van der Waals surface area (Å²) < 4.78 is 13.2. The number of rotatable bonds is 3. The van der Waals surface area contributed by atoms with Crippen LogP contribution in [0.1, 0.15) is 24.0 Å². The Labute approximate surface area is 136 Å². The molecule has 3 heteroatoms. The quantitative estimate of drug-likeness (QED) is 0.881. The molecule has 0 spiro atoms. The van der Waals surface area contributed by atoms with Crippen molar-refractivity contribution in [3.63, 3.8) is 0 Å². The highest BCUT2D eigenvalue weighted by Crippen LogP contribution is 2.29. The van der Waals surface area contributed by atoms with Crippen molar-refractivity contribution < 1.29 is 9.50 Å². The zero-order chi connectivity index (χ0) is 16.1. The van der Waals surface area contributed by atoms with Crippen LogP contribution in [0, 0.1) is 17.7 Å². The molecule has 0 saturated carbocycles. The summed E-state index contributed by atoms with van der Waals surface area (Å²) in [5, 5.41) is 11.2. The maximum absolute atomic E-state index is 13.2. The van der Waals surface area contributed by atoms with Crippen molar-refractivity contribution in [3.8, 4) is 11.8 Å². The highest BCUT2D eigenvalue weighted by molar-refractivity contribution is 5.44. The van der Waals surface area contributed by atoms with E-state index in [9.17, 15) is 9.50 Å². The smallest absolute Gasteiger partial charge is 0.176 e. The van der Waals surface area contributed by atoms with Gasteiger partial charge in [0.2, 0.25) is 0 Å². The summed E-state index contributed by atoms with van der Waals surface area (Å²) in [5.41, 5.74) is -0.145. The van der Waals surface area contributed by atoms with Crippen LogP contribution in [-0.2, 0) is 5.60 Å². The average molecular weight is 309 g/mol. The van der Waals surface area contributed by atoms with Gasteiger partial charge in [-0.2, -0.15) is 0 Å². The van der Waals surface area contributed by atoms with Crippen LogP contribution in [0.25, 0.3) is 0 Å². The highest BCUT2D eigenvalue weighted by atomic mass is 19.1. The highest BCUT2D eigenvalue weighted by Gasteiger charge is 2.29. The van der Waals surface area contributed by atoms with Crippen LogP contribution in [-0.4, -0.2) is 29.6 Å². The molecule has 0 radical (unpaired) electrons. The Balaban J connectivity index is 1.93. The van der Waals surface area contributed by atoms with Gasteiger partial charge >= 0.3 is 0 Å². The first-order chi connectivity index (χ1) is 11.2. The minimum Gasteiger partial charge on any atom is -0.369 e. The molecule has 0 amide bonds. The van der Waals surface area contributed by atoms with E-state index in [2.05, 4.69) is 16.7 Å². The van der Waals surface area contributed by atoms with Gasteiger partial charge in [-0.3, -0.25) is 4.90 Å². The van der Waals surface area contributed by atoms with Crippen molar-refractivity contribution in [2.45, 2.75) is 18.4 Å². The number of likely N-dealkylation sites (tertiary alicyclic amines) is 1. The average Bonchev–Trinajstić information content (AvgIpc) is 3.09. The molecule has 2 nitrogen and oxygen atoms in total. The zero-order valence-electron chi connectivity index (χ0n) is 13.0. The molecule has 1 saturated heterocycles. The van der Waals surface area contributed by atoms with E-state index in [-0.39, 0.29) is 5.82 Å². The maximum atomic E-state index is 13.2. The summed E-state index contributed by atoms with van der Waals surface area (Å²) >= 11 is 0. The first kappa shape index (κ1) is 15.7. The second-order valence-corrected chi connectivity index (χ2v) is 5.87. The van der Waals surface area contributed by atoms with E-state index in [0.717, 1.165) is 13.1 Å². The number of aliphatic hydroxyl groups is 1. The third kappa shape index (κ3) is 3.61. The lowest BCUT2D eigenvalue weighted by Gasteiger charge is -2.23. The summed E-state index contributed by atoms with van der Waals surface area (Å²) in [5.74, 6) is 5.80. The van der Waals surface area contributed by atoms with Crippen molar-refractivity contribution in [1.82, 2.24) is 4.90 Å². The van der Waals surface area contributed by atoms with Gasteiger partial charge in [0.1, 0.15) is 5.82 Å². The summed E-state index contributed by atoms with van der Waals surface area (Å²) in [7, 11) is 0. The largest absolute Gasteiger partial charge is 0.369 e. The molecule has 1 heterocycles. The molecule has 118 valence electrons. The lowest BCUT2D eigenvalue weighted by molar-refractivity contribution is 0.145. The fourth-order valence-corrected chi connectivity index (χ4v) is 2.90. The topological polar surface area (TPSA) is 23.5 Å². The number of hydrogen-bond donors (Lipinski definition) is 1. The van der Waals surface area contributed by atoms with E-state index in [1.807, 2.05) is 30.3 Å². The monoisotopic (exact) mass is 309 g/mol. The lowest BCUT2D eigenvalue weighted by Crippen LogP contribution is -2.26. The molecule has 2 aromatic rings. The third-order valence-corrected chi connectivity index (χ3v) is 4.22. The predicted molar refractivity (Wildman–Crippen MR) is 89.3 cm³/mol. The normalized spacial score (nSPS) is 17.3. The Morgan fingerprint density at radius 3 is 2.22 bits per heavy atom. The van der Waals surface area contributed by atoms with Gasteiger partial charge in [0.15, 0.2) is 5.60 Å². The van der Waals surface area contributed by atoms with Crippen LogP contribution < -0.4 is 0 Å². The van der Waals surface area contributed by atoms with Gasteiger partial charge in [0, 0.05) is 11.1 Å². The number of benzene rings is 2. The van der Waals surface area contributed by atoms with Crippen molar-refractivity contribution in [2.24, 2.45) is 0 Å². The van der Waals surface area contributed by atoms with Crippen LogP contribution in [0.3, 0.4) is 0 Å². The predicted octanol–water partition coefficient (Wildman–Crippen LogP) is 3.16. The second kappa shape index (κ2) is 6.95. The SMILES string of the molecule is O[C@](C#CCN1CCCC1)(c1ccccc1)c1ccc(F)cc1. The lowest BCUT2D eigenvalue weighted by atomic mass is 9.87. The van der Waals surface area contributed by atoms with Gasteiger partial charge in [0.25, 0.3) is 0 Å². The number of nitrogens with zero attached hydrogens (tertiary/aromatic N) is 1. The minimum atomic E-state index is -1.42. The fraction of sp³-hybridized carbons (Fsp3) is 0.300. The Kier molecular flexibility index (Phi) is 4.76. The molecule has 1 fully saturated rings. The van der Waals surface area contributed by atoms with Crippen molar-refractivity contribution in [3.05, 3.63) is 71.5 Å². The third-order valence-electron chi connectivity index (χ3n) is 4.22. The Hall–Kier alpha value is -2.15. The van der Waals surface area contributed by atoms with Crippen LogP contribution in [0.4, 0.5) is 4.39 Å². The molecular formula is C20H20FNO. The van der Waals surface area contributed by atoms with Gasteiger partial charge < -0.3 is 5.11 Å². The first-order valence-electron chi connectivity index (χ1n) is 7.95. The molecule has 1 aliphatic heterocycles. The van der Waals surface area contributed by atoms with E-state index >= 15 is 0 Å². The Morgan fingerprint density at radius 1 is 0.957 bits per heavy atom. The van der Waals surface area contributed by atoms with Gasteiger partial charge in [-0.15, -0.1) is 0 Å². The number of hydrogen-bond acceptors (Lipinski definition) is 2. The van der Waals surface area contributed by atoms with Gasteiger partial charge in [-0.05, 0) is 38.1 Å². The summed E-state index contributed by atoms with van der Waals surface area (Å²) in [6.45, 7) is 2.78. The minimum absolute atomic E-state index is 0.325. The molecule has 1 atom stereocenters. The summed E-state index contributed by atoms with van der Waals surface area (Å²) in [4.78, 5) is 2.28. The molecule has 3 rings (SSSR count). The molecule has 1 aliphatic rings. The van der Waals surface area contributed by atoms with Gasteiger partial charge in [0.05, 0.1) is 6.54 Å².